The molecule has 0 bridgehead atoms. The zero-order valence-corrected chi connectivity index (χ0v) is 9.30. The van der Waals surface area contributed by atoms with Gasteiger partial charge < -0.3 is 0 Å². The summed E-state index contributed by atoms with van der Waals surface area (Å²) >= 11 is 1.77. The highest BCUT2D eigenvalue weighted by Gasteiger charge is 2.37. The molecule has 1 aromatic rings. The number of aromatic nitrogens is 2. The lowest BCUT2D eigenvalue weighted by Gasteiger charge is -2.19. The SMILES string of the molecule is Cn1cc(C(=O)C2(C)CCCS2)cn1. The molecule has 1 atom stereocenters. The van der Waals surface area contributed by atoms with Crippen molar-refractivity contribution < 1.29 is 4.79 Å². The number of nitrogens with zero attached hydrogens (tertiary/aromatic N) is 2. The van der Waals surface area contributed by atoms with Gasteiger partial charge in [0.15, 0.2) is 5.78 Å². The van der Waals surface area contributed by atoms with Crippen LogP contribution in [0.4, 0.5) is 0 Å². The highest BCUT2D eigenvalue weighted by Crippen LogP contribution is 2.40. The highest BCUT2D eigenvalue weighted by atomic mass is 32.2. The van der Waals surface area contributed by atoms with E-state index in [1.54, 1.807) is 28.8 Å². The van der Waals surface area contributed by atoms with Crippen molar-refractivity contribution in [3.63, 3.8) is 0 Å². The van der Waals surface area contributed by atoms with Crippen molar-refractivity contribution in [2.75, 3.05) is 5.75 Å². The molecule has 2 heterocycles. The second-order valence-corrected chi connectivity index (χ2v) is 5.51. The molecule has 0 saturated carbocycles. The first-order chi connectivity index (χ1) is 6.62. The number of aryl methyl sites for hydroxylation is 1. The Kier molecular flexibility index (Phi) is 2.39. The van der Waals surface area contributed by atoms with Gasteiger partial charge in [0.05, 0.1) is 16.5 Å². The lowest BCUT2D eigenvalue weighted by Crippen LogP contribution is -2.28. The maximum absolute atomic E-state index is 12.1. The summed E-state index contributed by atoms with van der Waals surface area (Å²) in [5.41, 5.74) is 0.740. The van der Waals surface area contributed by atoms with Gasteiger partial charge in [-0.15, -0.1) is 11.8 Å². The third-order valence-electron chi connectivity index (χ3n) is 2.67. The Morgan fingerprint density at radius 3 is 3.00 bits per heavy atom. The molecule has 1 aromatic heterocycles. The molecule has 14 heavy (non-hydrogen) atoms. The zero-order chi connectivity index (χ0) is 10.2. The Morgan fingerprint density at radius 1 is 1.71 bits per heavy atom. The molecule has 2 rings (SSSR count). The van der Waals surface area contributed by atoms with E-state index in [0.717, 1.165) is 24.2 Å². The summed E-state index contributed by atoms with van der Waals surface area (Å²) in [6, 6.07) is 0. The summed E-state index contributed by atoms with van der Waals surface area (Å²) in [7, 11) is 1.83. The van der Waals surface area contributed by atoms with Crippen LogP contribution in [0.25, 0.3) is 0 Å². The lowest BCUT2D eigenvalue weighted by atomic mass is 9.97. The van der Waals surface area contributed by atoms with Gasteiger partial charge in [-0.2, -0.15) is 5.10 Å². The van der Waals surface area contributed by atoms with Gasteiger partial charge in [-0.25, -0.2) is 0 Å². The molecular formula is C10H14N2OS. The Hall–Kier alpha value is -0.770. The number of rotatable bonds is 2. The average Bonchev–Trinajstić information content (AvgIpc) is 2.74. The first kappa shape index (κ1) is 9.77. The van der Waals surface area contributed by atoms with Crippen molar-refractivity contribution in [2.45, 2.75) is 24.5 Å². The van der Waals surface area contributed by atoms with Crippen molar-refractivity contribution in [1.82, 2.24) is 9.78 Å². The third kappa shape index (κ3) is 1.59. The summed E-state index contributed by atoms with van der Waals surface area (Å²) in [6.45, 7) is 2.04. The molecule has 4 heteroatoms. The average molecular weight is 210 g/mol. The van der Waals surface area contributed by atoms with Crippen LogP contribution in [0.3, 0.4) is 0 Å². The van der Waals surface area contributed by atoms with Crippen LogP contribution in [0.2, 0.25) is 0 Å². The maximum atomic E-state index is 12.1. The van der Waals surface area contributed by atoms with Crippen LogP contribution < -0.4 is 0 Å². The fraction of sp³-hybridized carbons (Fsp3) is 0.600. The molecule has 1 aliphatic rings. The molecule has 0 spiro atoms. The van der Waals surface area contributed by atoms with Crippen LogP contribution in [0.1, 0.15) is 30.1 Å². The molecule has 1 aliphatic heterocycles. The molecule has 1 saturated heterocycles. The predicted octanol–water partition coefficient (Wildman–Crippen LogP) is 1.89. The van der Waals surface area contributed by atoms with Crippen LogP contribution in [0, 0.1) is 0 Å². The summed E-state index contributed by atoms with van der Waals surface area (Å²) in [4.78, 5) is 12.1. The van der Waals surface area contributed by atoms with Crippen LogP contribution >= 0.6 is 11.8 Å². The number of ketones is 1. The van der Waals surface area contributed by atoms with Gasteiger partial charge in [-0.1, -0.05) is 0 Å². The Labute approximate surface area is 87.9 Å². The van der Waals surface area contributed by atoms with Gasteiger partial charge in [0.25, 0.3) is 0 Å². The fourth-order valence-electron chi connectivity index (χ4n) is 1.80. The van der Waals surface area contributed by atoms with E-state index in [9.17, 15) is 4.79 Å². The van der Waals surface area contributed by atoms with E-state index in [0.29, 0.717) is 0 Å². The fourth-order valence-corrected chi connectivity index (χ4v) is 3.08. The minimum Gasteiger partial charge on any atom is -0.292 e. The highest BCUT2D eigenvalue weighted by molar-refractivity contribution is 8.01. The van der Waals surface area contributed by atoms with Crippen molar-refractivity contribution in [3.8, 4) is 0 Å². The quantitative estimate of drug-likeness (QED) is 0.699. The van der Waals surface area contributed by atoms with Gasteiger partial charge >= 0.3 is 0 Å². The summed E-state index contributed by atoms with van der Waals surface area (Å²) < 4.78 is 1.47. The molecular weight excluding hydrogens is 196 g/mol. The number of hydrogen-bond acceptors (Lipinski definition) is 3. The molecule has 76 valence electrons. The van der Waals surface area contributed by atoms with Crippen molar-refractivity contribution >= 4 is 17.5 Å². The van der Waals surface area contributed by atoms with Crippen molar-refractivity contribution in [1.29, 1.82) is 0 Å². The second kappa shape index (κ2) is 3.42. The zero-order valence-electron chi connectivity index (χ0n) is 8.49. The van der Waals surface area contributed by atoms with Gasteiger partial charge in [0.1, 0.15) is 0 Å². The van der Waals surface area contributed by atoms with Crippen LogP contribution in [-0.2, 0) is 7.05 Å². The van der Waals surface area contributed by atoms with E-state index in [-0.39, 0.29) is 10.5 Å². The molecule has 0 N–H and O–H groups in total. The number of carbonyl (C=O) groups excluding carboxylic acids is 1. The van der Waals surface area contributed by atoms with Crippen LogP contribution in [0.5, 0.6) is 0 Å². The van der Waals surface area contributed by atoms with E-state index in [1.165, 1.54) is 0 Å². The molecule has 0 aliphatic carbocycles. The van der Waals surface area contributed by atoms with E-state index in [2.05, 4.69) is 5.10 Å². The lowest BCUT2D eigenvalue weighted by molar-refractivity contribution is 0.0949. The minimum atomic E-state index is -0.205. The minimum absolute atomic E-state index is 0.205. The van der Waals surface area contributed by atoms with E-state index in [4.69, 9.17) is 0 Å². The smallest absolute Gasteiger partial charge is 0.181 e. The third-order valence-corrected chi connectivity index (χ3v) is 4.19. The number of Topliss-reactive ketones (excluding diaryl/α,β-unsaturated/α-hetero) is 1. The number of thioether (sulfide) groups is 1. The molecule has 1 unspecified atom stereocenters. The van der Waals surface area contributed by atoms with Gasteiger partial charge in [0, 0.05) is 13.2 Å². The topological polar surface area (TPSA) is 34.9 Å². The number of carbonyl (C=O) groups is 1. The first-order valence-electron chi connectivity index (χ1n) is 4.79. The summed E-state index contributed by atoms with van der Waals surface area (Å²) in [5.74, 6) is 1.33. The van der Waals surface area contributed by atoms with E-state index in [1.807, 2.05) is 14.0 Å². The number of hydrogen-bond donors (Lipinski definition) is 0. The molecule has 0 amide bonds. The molecule has 3 nitrogen and oxygen atoms in total. The Morgan fingerprint density at radius 2 is 2.50 bits per heavy atom. The van der Waals surface area contributed by atoms with Crippen LogP contribution in [0.15, 0.2) is 12.4 Å². The second-order valence-electron chi connectivity index (χ2n) is 3.91. The monoisotopic (exact) mass is 210 g/mol. The van der Waals surface area contributed by atoms with Crippen molar-refractivity contribution in [3.05, 3.63) is 18.0 Å². The normalized spacial score (nSPS) is 26.7. The summed E-state index contributed by atoms with van der Waals surface area (Å²) in [6.07, 6.45) is 5.59. The Bertz CT molecular complexity index is 353. The van der Waals surface area contributed by atoms with Gasteiger partial charge in [-0.05, 0) is 25.5 Å². The standard InChI is InChI=1S/C10H14N2OS/c1-10(4-3-5-14-10)9(13)8-6-11-12(2)7-8/h6-7H,3-5H2,1-2H3. The van der Waals surface area contributed by atoms with Gasteiger partial charge in [-0.3, -0.25) is 9.48 Å². The van der Waals surface area contributed by atoms with E-state index < -0.39 is 0 Å². The van der Waals surface area contributed by atoms with Gasteiger partial charge in [0.2, 0.25) is 0 Å². The summed E-state index contributed by atoms with van der Waals surface area (Å²) in [5, 5.41) is 4.03. The Balaban J connectivity index is 2.23. The molecule has 0 radical (unpaired) electrons. The van der Waals surface area contributed by atoms with E-state index >= 15 is 0 Å². The largest absolute Gasteiger partial charge is 0.292 e. The predicted molar refractivity (Wildman–Crippen MR) is 57.6 cm³/mol. The van der Waals surface area contributed by atoms with Crippen LogP contribution in [-0.4, -0.2) is 26.1 Å². The molecule has 1 fully saturated rings. The van der Waals surface area contributed by atoms with Crippen molar-refractivity contribution in [2.24, 2.45) is 7.05 Å². The molecule has 0 aromatic carbocycles. The first-order valence-corrected chi connectivity index (χ1v) is 5.78. The maximum Gasteiger partial charge on any atom is 0.181 e.